The standard InChI is InChI=1S/C29H31Cl2N3O3S/c1-19(11-14-33-28(35)27-23(30)17-32-18-24(27)31)34-15-12-21(13-16-34)29(20-7-9-22(38-2)10-8-20)36-25-5-3-4-6-26(25)37-29/h3-10,17-19,21H,11-16H2,1-2H3,(H,33,35). The first-order valence-electron chi connectivity index (χ1n) is 12.8. The molecule has 3 heterocycles. The Morgan fingerprint density at radius 1 is 1.08 bits per heavy atom. The van der Waals surface area contributed by atoms with Crippen molar-refractivity contribution in [2.24, 2.45) is 5.92 Å². The van der Waals surface area contributed by atoms with E-state index in [2.05, 4.69) is 52.6 Å². The molecule has 6 nitrogen and oxygen atoms in total. The van der Waals surface area contributed by atoms with E-state index in [4.69, 9.17) is 32.7 Å². The van der Waals surface area contributed by atoms with E-state index in [1.165, 1.54) is 17.3 Å². The quantitative estimate of drug-likeness (QED) is 0.305. The zero-order valence-corrected chi connectivity index (χ0v) is 23.8. The largest absolute Gasteiger partial charge is 0.444 e. The molecule has 1 aromatic heterocycles. The van der Waals surface area contributed by atoms with Gasteiger partial charge in [0.2, 0.25) is 0 Å². The van der Waals surface area contributed by atoms with Crippen LogP contribution in [0.2, 0.25) is 10.0 Å². The SMILES string of the molecule is CSc1ccc(C2(C3CCN(C(C)CCNC(=O)c4c(Cl)cncc4Cl)CC3)Oc3ccccc3O2)cc1. The number of benzene rings is 2. The number of carbonyl (C=O) groups is 1. The summed E-state index contributed by atoms with van der Waals surface area (Å²) < 4.78 is 13.2. The number of ether oxygens (including phenoxy) is 2. The van der Waals surface area contributed by atoms with Gasteiger partial charge in [-0.25, -0.2) is 0 Å². The highest BCUT2D eigenvalue weighted by molar-refractivity contribution is 7.98. The van der Waals surface area contributed by atoms with E-state index in [9.17, 15) is 4.79 Å². The number of fused-ring (bicyclic) bond motifs is 1. The molecule has 1 amide bonds. The van der Waals surface area contributed by atoms with Gasteiger partial charge in [0.1, 0.15) is 0 Å². The molecule has 1 atom stereocenters. The number of hydrogen-bond donors (Lipinski definition) is 1. The van der Waals surface area contributed by atoms with Crippen molar-refractivity contribution < 1.29 is 14.3 Å². The first kappa shape index (κ1) is 27.1. The maximum absolute atomic E-state index is 12.6. The van der Waals surface area contributed by atoms with Crippen molar-refractivity contribution >= 4 is 40.9 Å². The number of halogens is 2. The van der Waals surface area contributed by atoms with Crippen molar-refractivity contribution in [3.8, 4) is 11.5 Å². The van der Waals surface area contributed by atoms with Crippen LogP contribution >= 0.6 is 35.0 Å². The third-order valence-corrected chi connectivity index (χ3v) is 8.80. The average molecular weight is 573 g/mol. The molecular weight excluding hydrogens is 541 g/mol. The Balaban J connectivity index is 1.21. The van der Waals surface area contributed by atoms with E-state index in [1.807, 2.05) is 24.3 Å². The normalized spacial score (nSPS) is 17.8. The number of carbonyl (C=O) groups excluding carboxylic acids is 1. The van der Waals surface area contributed by atoms with Crippen LogP contribution in [0.5, 0.6) is 11.5 Å². The van der Waals surface area contributed by atoms with Gasteiger partial charge >= 0.3 is 0 Å². The maximum Gasteiger partial charge on any atom is 0.281 e. The fourth-order valence-electron chi connectivity index (χ4n) is 5.32. The fourth-order valence-corrected chi connectivity index (χ4v) is 6.27. The summed E-state index contributed by atoms with van der Waals surface area (Å²) >= 11 is 14.0. The lowest BCUT2D eigenvalue weighted by Gasteiger charge is -2.42. The summed E-state index contributed by atoms with van der Waals surface area (Å²) in [6, 6.07) is 16.8. The fraction of sp³-hybridized carbons (Fsp3) is 0.379. The highest BCUT2D eigenvalue weighted by Crippen LogP contribution is 2.50. The number of likely N-dealkylation sites (tertiary alicyclic amines) is 1. The molecular formula is C29H31Cl2N3O3S. The minimum Gasteiger partial charge on any atom is -0.444 e. The molecule has 1 unspecified atom stereocenters. The van der Waals surface area contributed by atoms with Crippen molar-refractivity contribution in [3.63, 3.8) is 0 Å². The van der Waals surface area contributed by atoms with Gasteiger partial charge in [-0.2, -0.15) is 0 Å². The number of aromatic nitrogens is 1. The molecule has 5 rings (SSSR count). The minimum atomic E-state index is -0.826. The highest BCUT2D eigenvalue weighted by Gasteiger charge is 2.51. The average Bonchev–Trinajstić information content (AvgIpc) is 3.34. The van der Waals surface area contributed by atoms with Gasteiger partial charge in [-0.3, -0.25) is 9.78 Å². The van der Waals surface area contributed by atoms with E-state index in [0.717, 1.165) is 49.4 Å². The van der Waals surface area contributed by atoms with Crippen molar-refractivity contribution in [1.29, 1.82) is 0 Å². The molecule has 38 heavy (non-hydrogen) atoms. The van der Waals surface area contributed by atoms with Gasteiger partial charge in [0.05, 0.1) is 15.6 Å². The molecule has 1 fully saturated rings. The zero-order valence-electron chi connectivity index (χ0n) is 21.5. The molecule has 1 N–H and O–H groups in total. The second-order valence-electron chi connectivity index (χ2n) is 9.73. The predicted molar refractivity (Wildman–Crippen MR) is 153 cm³/mol. The number of nitrogens with one attached hydrogen (secondary N) is 1. The zero-order chi connectivity index (χ0) is 26.7. The Bertz CT molecular complexity index is 1240. The van der Waals surface area contributed by atoms with Crippen LogP contribution in [0.4, 0.5) is 0 Å². The third-order valence-electron chi connectivity index (χ3n) is 7.48. The van der Waals surface area contributed by atoms with Crippen LogP contribution in [0, 0.1) is 5.92 Å². The summed E-state index contributed by atoms with van der Waals surface area (Å²) in [7, 11) is 0. The first-order chi connectivity index (χ1) is 18.4. The molecule has 0 spiro atoms. The summed E-state index contributed by atoms with van der Waals surface area (Å²) in [6.07, 6.45) is 7.63. The number of piperidine rings is 1. The Labute approximate surface area is 238 Å². The summed E-state index contributed by atoms with van der Waals surface area (Å²) in [6.45, 7) is 4.58. The molecule has 3 aromatic rings. The van der Waals surface area contributed by atoms with Crippen LogP contribution < -0.4 is 14.8 Å². The number of nitrogens with zero attached hydrogens (tertiary/aromatic N) is 2. The highest BCUT2D eigenvalue weighted by atomic mass is 35.5. The van der Waals surface area contributed by atoms with Crippen molar-refractivity contribution in [2.75, 3.05) is 25.9 Å². The van der Waals surface area contributed by atoms with Crippen LogP contribution in [0.15, 0.2) is 65.8 Å². The number of amides is 1. The molecule has 2 aliphatic heterocycles. The first-order valence-corrected chi connectivity index (χ1v) is 14.8. The smallest absolute Gasteiger partial charge is 0.281 e. The third kappa shape index (κ3) is 5.48. The number of para-hydroxylation sites is 2. The van der Waals surface area contributed by atoms with Gasteiger partial charge in [0.25, 0.3) is 11.7 Å². The summed E-state index contributed by atoms with van der Waals surface area (Å²) in [4.78, 5) is 20.2. The van der Waals surface area contributed by atoms with Crippen LogP contribution in [0.3, 0.4) is 0 Å². The van der Waals surface area contributed by atoms with Crippen LogP contribution in [0.1, 0.15) is 42.1 Å². The van der Waals surface area contributed by atoms with Gasteiger partial charge in [-0.05, 0) is 69.8 Å². The summed E-state index contributed by atoms with van der Waals surface area (Å²) in [5, 5.41) is 3.45. The molecule has 200 valence electrons. The number of rotatable bonds is 8. The van der Waals surface area contributed by atoms with Crippen LogP contribution in [-0.4, -0.2) is 47.7 Å². The number of hydrogen-bond acceptors (Lipinski definition) is 6. The van der Waals surface area contributed by atoms with Gasteiger partial charge in [-0.1, -0.05) is 47.5 Å². The van der Waals surface area contributed by atoms with E-state index in [-0.39, 0.29) is 27.4 Å². The Morgan fingerprint density at radius 2 is 1.68 bits per heavy atom. The van der Waals surface area contributed by atoms with Crippen molar-refractivity contribution in [1.82, 2.24) is 15.2 Å². The summed E-state index contributed by atoms with van der Waals surface area (Å²) in [5.41, 5.74) is 1.32. The van der Waals surface area contributed by atoms with Crippen LogP contribution in [0.25, 0.3) is 0 Å². The van der Waals surface area contributed by atoms with Gasteiger partial charge in [0, 0.05) is 41.4 Å². The molecule has 2 aliphatic rings. The van der Waals surface area contributed by atoms with Gasteiger partial charge in [-0.15, -0.1) is 11.8 Å². The molecule has 0 aliphatic carbocycles. The Hall–Kier alpha value is -2.45. The second-order valence-corrected chi connectivity index (χ2v) is 11.4. The molecule has 1 saturated heterocycles. The number of thioether (sulfide) groups is 1. The minimum absolute atomic E-state index is 0.203. The van der Waals surface area contributed by atoms with Gasteiger partial charge < -0.3 is 19.7 Å². The van der Waals surface area contributed by atoms with E-state index < -0.39 is 5.79 Å². The lowest BCUT2D eigenvalue weighted by atomic mass is 9.83. The van der Waals surface area contributed by atoms with Crippen molar-refractivity contribution in [2.45, 2.75) is 42.9 Å². The topological polar surface area (TPSA) is 63.7 Å². The Kier molecular flexibility index (Phi) is 8.38. The summed E-state index contributed by atoms with van der Waals surface area (Å²) in [5.74, 6) is 0.685. The molecule has 9 heteroatoms. The van der Waals surface area contributed by atoms with E-state index >= 15 is 0 Å². The molecule has 2 aromatic carbocycles. The lowest BCUT2D eigenvalue weighted by molar-refractivity contribution is -0.149. The monoisotopic (exact) mass is 571 g/mol. The predicted octanol–water partition coefficient (Wildman–Crippen LogP) is 6.66. The molecule has 0 bridgehead atoms. The molecule has 0 radical (unpaired) electrons. The van der Waals surface area contributed by atoms with Gasteiger partial charge in [0.15, 0.2) is 11.5 Å². The van der Waals surface area contributed by atoms with E-state index in [0.29, 0.717) is 12.6 Å². The lowest BCUT2D eigenvalue weighted by Crippen LogP contribution is -2.50. The Morgan fingerprint density at radius 3 is 2.26 bits per heavy atom. The maximum atomic E-state index is 12.6. The second kappa shape index (κ2) is 11.7. The number of pyridine rings is 1. The van der Waals surface area contributed by atoms with Crippen LogP contribution in [-0.2, 0) is 5.79 Å². The van der Waals surface area contributed by atoms with E-state index in [1.54, 1.807) is 11.8 Å². The molecule has 0 saturated carbocycles. The van der Waals surface area contributed by atoms with Crippen molar-refractivity contribution in [3.05, 3.63) is 82.1 Å².